The van der Waals surface area contributed by atoms with Crippen molar-refractivity contribution in [3.8, 4) is 28.5 Å². The normalized spacial score (nSPS) is 10.2. The smallest absolute Gasteiger partial charge is 0.142 e. The highest BCUT2D eigenvalue weighted by Gasteiger charge is 2.13. The molecule has 0 bridgehead atoms. The van der Waals surface area contributed by atoms with E-state index in [0.29, 0.717) is 5.56 Å². The summed E-state index contributed by atoms with van der Waals surface area (Å²) in [7, 11) is 0. The number of nitrogens with two attached hydrogens (primary N) is 1. The molecule has 3 aromatic rings. The molecule has 0 unspecified atom stereocenters. The van der Waals surface area contributed by atoms with Crippen molar-refractivity contribution in [2.45, 2.75) is 6.92 Å². The maximum Gasteiger partial charge on any atom is 0.142 e. The highest BCUT2D eigenvalue weighted by atomic mass is 14.8. The van der Waals surface area contributed by atoms with Crippen molar-refractivity contribution in [1.29, 1.82) is 5.26 Å². The molecule has 0 radical (unpaired) electrons. The van der Waals surface area contributed by atoms with Gasteiger partial charge < -0.3 is 5.73 Å². The van der Waals surface area contributed by atoms with Gasteiger partial charge in [-0.15, -0.1) is 0 Å². The van der Waals surface area contributed by atoms with E-state index in [-0.39, 0.29) is 5.82 Å². The number of nitriles is 1. The Morgan fingerprint density at radius 3 is 2.59 bits per heavy atom. The zero-order valence-corrected chi connectivity index (χ0v) is 12.1. The van der Waals surface area contributed by atoms with Crippen molar-refractivity contribution < 1.29 is 0 Å². The standard InChI is InChI=1S/C18H14N4/c1-12-4-2-5-13(8-12)17-9-15(14-6-3-7-21-11-14)16(10-19)18(20)22-17/h2-9,11H,1H3,(H2,20,22). The fraction of sp³-hybridized carbons (Fsp3) is 0.0556. The molecule has 22 heavy (non-hydrogen) atoms. The van der Waals surface area contributed by atoms with E-state index in [1.165, 1.54) is 0 Å². The van der Waals surface area contributed by atoms with Crippen LogP contribution in [0.1, 0.15) is 11.1 Å². The molecule has 2 aromatic heterocycles. The number of aryl methyl sites for hydroxylation is 1. The minimum Gasteiger partial charge on any atom is -0.383 e. The first-order chi connectivity index (χ1) is 10.7. The molecule has 4 heteroatoms. The molecule has 0 aliphatic heterocycles. The number of hydrogen-bond donors (Lipinski definition) is 1. The fourth-order valence-corrected chi connectivity index (χ4v) is 2.38. The highest BCUT2D eigenvalue weighted by Crippen LogP contribution is 2.30. The lowest BCUT2D eigenvalue weighted by atomic mass is 9.99. The Kier molecular flexibility index (Phi) is 3.55. The second kappa shape index (κ2) is 5.66. The quantitative estimate of drug-likeness (QED) is 0.781. The average molecular weight is 286 g/mol. The van der Waals surface area contributed by atoms with Crippen LogP contribution in [0.25, 0.3) is 22.4 Å². The van der Waals surface area contributed by atoms with E-state index in [9.17, 15) is 5.26 Å². The Bertz CT molecular complexity index is 864. The van der Waals surface area contributed by atoms with Crippen LogP contribution in [0.4, 0.5) is 5.82 Å². The van der Waals surface area contributed by atoms with Crippen molar-refractivity contribution in [1.82, 2.24) is 9.97 Å². The monoisotopic (exact) mass is 286 g/mol. The van der Waals surface area contributed by atoms with Crippen LogP contribution in [-0.2, 0) is 0 Å². The lowest BCUT2D eigenvalue weighted by Crippen LogP contribution is -2.00. The number of aromatic nitrogens is 2. The van der Waals surface area contributed by atoms with Crippen LogP contribution in [0, 0.1) is 18.3 Å². The van der Waals surface area contributed by atoms with Crippen LogP contribution < -0.4 is 5.73 Å². The Hall–Kier alpha value is -3.19. The van der Waals surface area contributed by atoms with Gasteiger partial charge in [-0.25, -0.2) is 4.98 Å². The molecule has 0 fully saturated rings. The van der Waals surface area contributed by atoms with Gasteiger partial charge in [-0.05, 0) is 25.1 Å². The molecule has 1 aromatic carbocycles. The Balaban J connectivity index is 2.24. The third-order valence-corrected chi connectivity index (χ3v) is 3.45. The minimum absolute atomic E-state index is 0.236. The summed E-state index contributed by atoms with van der Waals surface area (Å²) in [5.74, 6) is 0.236. The molecular weight excluding hydrogens is 272 g/mol. The first kappa shape index (κ1) is 13.8. The number of benzene rings is 1. The number of anilines is 1. The first-order valence-corrected chi connectivity index (χ1v) is 6.87. The van der Waals surface area contributed by atoms with Gasteiger partial charge in [-0.3, -0.25) is 4.98 Å². The highest BCUT2D eigenvalue weighted by molar-refractivity contribution is 5.79. The molecule has 0 atom stereocenters. The summed E-state index contributed by atoms with van der Waals surface area (Å²) in [6.45, 7) is 2.03. The van der Waals surface area contributed by atoms with Gasteiger partial charge in [-0.2, -0.15) is 5.26 Å². The molecule has 0 spiro atoms. The lowest BCUT2D eigenvalue weighted by Gasteiger charge is -2.10. The summed E-state index contributed by atoms with van der Waals surface area (Å²) >= 11 is 0. The van der Waals surface area contributed by atoms with E-state index in [0.717, 1.165) is 27.9 Å². The van der Waals surface area contributed by atoms with E-state index in [4.69, 9.17) is 5.73 Å². The molecule has 0 saturated heterocycles. The predicted molar refractivity (Wildman–Crippen MR) is 86.8 cm³/mol. The predicted octanol–water partition coefficient (Wildman–Crippen LogP) is 3.57. The van der Waals surface area contributed by atoms with Gasteiger partial charge in [-0.1, -0.05) is 29.8 Å². The lowest BCUT2D eigenvalue weighted by molar-refractivity contribution is 1.29. The molecule has 4 nitrogen and oxygen atoms in total. The summed E-state index contributed by atoms with van der Waals surface area (Å²) in [6, 6.07) is 15.8. The van der Waals surface area contributed by atoms with E-state index in [1.807, 2.05) is 49.4 Å². The van der Waals surface area contributed by atoms with Crippen LogP contribution in [0.2, 0.25) is 0 Å². The average Bonchev–Trinajstić information content (AvgIpc) is 2.55. The maximum atomic E-state index is 9.38. The maximum absolute atomic E-state index is 9.38. The number of nitrogen functional groups attached to an aromatic ring is 1. The summed E-state index contributed by atoms with van der Waals surface area (Å²) < 4.78 is 0. The zero-order valence-electron chi connectivity index (χ0n) is 12.1. The van der Waals surface area contributed by atoms with Gasteiger partial charge in [0.05, 0.1) is 5.69 Å². The first-order valence-electron chi connectivity index (χ1n) is 6.87. The molecule has 2 heterocycles. The van der Waals surface area contributed by atoms with Crippen LogP contribution >= 0.6 is 0 Å². The van der Waals surface area contributed by atoms with E-state index in [1.54, 1.807) is 12.4 Å². The number of rotatable bonds is 2. The third kappa shape index (κ3) is 2.52. The van der Waals surface area contributed by atoms with Crippen molar-refractivity contribution in [3.63, 3.8) is 0 Å². The van der Waals surface area contributed by atoms with Crippen LogP contribution in [0.3, 0.4) is 0 Å². The molecule has 106 valence electrons. The summed E-state index contributed by atoms with van der Waals surface area (Å²) in [6.07, 6.45) is 3.41. The Morgan fingerprint density at radius 2 is 1.91 bits per heavy atom. The molecule has 0 aliphatic rings. The summed E-state index contributed by atoms with van der Waals surface area (Å²) in [5.41, 5.74) is 10.8. The van der Waals surface area contributed by atoms with E-state index >= 15 is 0 Å². The largest absolute Gasteiger partial charge is 0.383 e. The van der Waals surface area contributed by atoms with Gasteiger partial charge >= 0.3 is 0 Å². The molecule has 3 rings (SSSR count). The van der Waals surface area contributed by atoms with E-state index < -0.39 is 0 Å². The zero-order chi connectivity index (χ0) is 15.5. The van der Waals surface area contributed by atoms with Gasteiger partial charge in [0.15, 0.2) is 0 Å². The van der Waals surface area contributed by atoms with Crippen LogP contribution in [-0.4, -0.2) is 9.97 Å². The van der Waals surface area contributed by atoms with Crippen molar-refractivity contribution in [2.24, 2.45) is 0 Å². The van der Waals surface area contributed by atoms with Crippen molar-refractivity contribution in [2.75, 3.05) is 5.73 Å². The molecule has 0 saturated carbocycles. The molecule has 0 aliphatic carbocycles. The van der Waals surface area contributed by atoms with Crippen molar-refractivity contribution >= 4 is 5.82 Å². The fourth-order valence-electron chi connectivity index (χ4n) is 2.38. The molecule has 0 amide bonds. The molecular formula is C18H14N4. The third-order valence-electron chi connectivity index (χ3n) is 3.45. The SMILES string of the molecule is Cc1cccc(-c2cc(-c3cccnc3)c(C#N)c(N)n2)c1. The van der Waals surface area contributed by atoms with Gasteiger partial charge in [0.2, 0.25) is 0 Å². The van der Waals surface area contributed by atoms with E-state index in [2.05, 4.69) is 16.0 Å². The number of nitrogens with zero attached hydrogens (tertiary/aromatic N) is 3. The second-order valence-electron chi connectivity index (χ2n) is 5.04. The number of hydrogen-bond acceptors (Lipinski definition) is 4. The van der Waals surface area contributed by atoms with Gasteiger partial charge in [0.1, 0.15) is 17.5 Å². The van der Waals surface area contributed by atoms with Crippen molar-refractivity contribution in [3.05, 3.63) is 66.0 Å². The summed E-state index contributed by atoms with van der Waals surface area (Å²) in [5, 5.41) is 9.38. The Morgan fingerprint density at radius 1 is 1.09 bits per heavy atom. The van der Waals surface area contributed by atoms with Crippen LogP contribution in [0.5, 0.6) is 0 Å². The van der Waals surface area contributed by atoms with Gasteiger partial charge in [0, 0.05) is 29.1 Å². The van der Waals surface area contributed by atoms with Crippen LogP contribution in [0.15, 0.2) is 54.9 Å². The topological polar surface area (TPSA) is 75.6 Å². The second-order valence-corrected chi connectivity index (χ2v) is 5.04. The minimum atomic E-state index is 0.236. The Labute approximate surface area is 128 Å². The summed E-state index contributed by atoms with van der Waals surface area (Å²) in [4.78, 5) is 8.49. The van der Waals surface area contributed by atoms with Gasteiger partial charge in [0.25, 0.3) is 0 Å². The number of pyridine rings is 2. The molecule has 2 N–H and O–H groups in total.